The number of rotatable bonds is 9. The lowest BCUT2D eigenvalue weighted by atomic mass is 9.92. The molecule has 1 atom stereocenters. The number of nitrogens with one attached hydrogen (secondary N) is 1. The number of piperazine rings is 1. The van der Waals surface area contributed by atoms with Gasteiger partial charge in [-0.05, 0) is 75.8 Å². The summed E-state index contributed by atoms with van der Waals surface area (Å²) in [4.78, 5) is 7.51. The zero-order valence-corrected chi connectivity index (χ0v) is 21.5. The van der Waals surface area contributed by atoms with Crippen LogP contribution in [0.25, 0.3) is 5.70 Å². The molecule has 1 aliphatic carbocycles. The van der Waals surface area contributed by atoms with Gasteiger partial charge in [0.05, 0.1) is 12.8 Å². The molecule has 0 bridgehead atoms. The van der Waals surface area contributed by atoms with Crippen LogP contribution >= 0.6 is 0 Å². The minimum atomic E-state index is -0.276. The maximum atomic E-state index is 14.7. The number of allylic oxidation sites excluding steroid dienone is 6. The van der Waals surface area contributed by atoms with Gasteiger partial charge in [0.2, 0.25) is 0 Å². The van der Waals surface area contributed by atoms with Gasteiger partial charge in [0.1, 0.15) is 11.6 Å². The molecule has 0 amide bonds. The van der Waals surface area contributed by atoms with Gasteiger partial charge >= 0.3 is 0 Å². The van der Waals surface area contributed by atoms with Crippen LogP contribution in [0.2, 0.25) is 0 Å². The van der Waals surface area contributed by atoms with Crippen LogP contribution in [0.4, 0.5) is 4.39 Å². The Balaban J connectivity index is 2.02. The molecule has 1 saturated heterocycles. The topological polar surface area (TPSA) is 36.9 Å². The summed E-state index contributed by atoms with van der Waals surface area (Å²) in [5.74, 6) is 0.541. The summed E-state index contributed by atoms with van der Waals surface area (Å²) in [5.41, 5.74) is 5.64. The van der Waals surface area contributed by atoms with E-state index in [1.165, 1.54) is 17.7 Å². The van der Waals surface area contributed by atoms with Gasteiger partial charge in [0, 0.05) is 48.7 Å². The molecule has 2 fully saturated rings. The van der Waals surface area contributed by atoms with Crippen molar-refractivity contribution >= 4 is 11.4 Å². The summed E-state index contributed by atoms with van der Waals surface area (Å²) in [7, 11) is 1.58. The molecule has 184 valence electrons. The van der Waals surface area contributed by atoms with Crippen LogP contribution < -0.4 is 10.1 Å². The van der Waals surface area contributed by atoms with Crippen LogP contribution in [0, 0.1) is 18.7 Å². The van der Waals surface area contributed by atoms with E-state index in [-0.39, 0.29) is 11.7 Å². The van der Waals surface area contributed by atoms with E-state index in [0.29, 0.717) is 11.3 Å². The molecular weight excluding hydrogens is 425 g/mol. The van der Waals surface area contributed by atoms with Crippen molar-refractivity contribution in [1.82, 2.24) is 10.2 Å². The molecule has 3 rings (SSSR count). The number of nitrogens with zero attached hydrogens (tertiary/aromatic N) is 2. The minimum Gasteiger partial charge on any atom is -0.496 e. The van der Waals surface area contributed by atoms with E-state index in [0.717, 1.165) is 62.4 Å². The van der Waals surface area contributed by atoms with Gasteiger partial charge in [-0.15, -0.1) is 0 Å². The van der Waals surface area contributed by atoms with Crippen molar-refractivity contribution in [3.05, 3.63) is 70.7 Å². The van der Waals surface area contributed by atoms with Crippen molar-refractivity contribution in [2.45, 2.75) is 53.4 Å². The second kappa shape index (κ2) is 12.7. The first-order valence-corrected chi connectivity index (χ1v) is 12.6. The fraction of sp³-hybridized carbons (Fsp3) is 0.483. The van der Waals surface area contributed by atoms with Crippen molar-refractivity contribution in [2.75, 3.05) is 33.3 Å². The molecule has 1 N–H and O–H groups in total. The molecule has 1 aromatic rings. The molecule has 1 aromatic carbocycles. The van der Waals surface area contributed by atoms with Gasteiger partial charge in [0.15, 0.2) is 0 Å². The molecule has 1 heterocycles. The Hall–Kier alpha value is -2.66. The summed E-state index contributed by atoms with van der Waals surface area (Å²) in [6.07, 6.45) is 15.1. The monoisotopic (exact) mass is 465 g/mol. The summed E-state index contributed by atoms with van der Waals surface area (Å²) in [5, 5.41) is 3.41. The number of aliphatic imine (C=N–C) groups is 1. The third-order valence-electron chi connectivity index (χ3n) is 6.85. The second-order valence-electron chi connectivity index (χ2n) is 9.15. The van der Waals surface area contributed by atoms with Gasteiger partial charge in [0.25, 0.3) is 0 Å². The lowest BCUT2D eigenvalue weighted by molar-refractivity contribution is 0.307. The predicted molar refractivity (Wildman–Crippen MR) is 142 cm³/mol. The highest BCUT2D eigenvalue weighted by Crippen LogP contribution is 2.30. The fourth-order valence-corrected chi connectivity index (χ4v) is 4.09. The molecule has 5 heteroatoms. The Morgan fingerprint density at radius 3 is 2.56 bits per heavy atom. The van der Waals surface area contributed by atoms with Crippen LogP contribution in [0.15, 0.2) is 58.8 Å². The van der Waals surface area contributed by atoms with Gasteiger partial charge < -0.3 is 15.0 Å². The Labute approximate surface area is 205 Å². The molecule has 34 heavy (non-hydrogen) atoms. The van der Waals surface area contributed by atoms with Crippen molar-refractivity contribution in [2.24, 2.45) is 10.9 Å². The van der Waals surface area contributed by atoms with E-state index in [2.05, 4.69) is 55.3 Å². The van der Waals surface area contributed by atoms with Crippen LogP contribution in [-0.4, -0.2) is 43.9 Å². The Morgan fingerprint density at radius 1 is 1.24 bits per heavy atom. The number of benzene rings is 1. The van der Waals surface area contributed by atoms with E-state index in [1.807, 2.05) is 12.1 Å². The number of methoxy groups -OCH3 is 1. The highest BCUT2D eigenvalue weighted by molar-refractivity contribution is 6.00. The molecular formula is C29H40FN3O. The van der Waals surface area contributed by atoms with E-state index >= 15 is 0 Å². The molecule has 1 aliphatic heterocycles. The first-order chi connectivity index (χ1) is 16.5. The SMILES string of the molecule is C\C=C(/C=C\C(=N/C(=C\C=C1CCC1)c1cc(F)c(C)c(OC)c1)C(C)CC)N1CCNCC1. The van der Waals surface area contributed by atoms with Crippen LogP contribution in [-0.2, 0) is 0 Å². The summed E-state index contributed by atoms with van der Waals surface area (Å²) >= 11 is 0. The molecule has 0 aromatic heterocycles. The van der Waals surface area contributed by atoms with Crippen molar-refractivity contribution in [3.63, 3.8) is 0 Å². The number of hydrogen-bond acceptors (Lipinski definition) is 4. The first kappa shape index (κ1) is 26.0. The van der Waals surface area contributed by atoms with Crippen molar-refractivity contribution in [3.8, 4) is 5.75 Å². The van der Waals surface area contributed by atoms with Gasteiger partial charge in [-0.25, -0.2) is 4.39 Å². The molecule has 0 spiro atoms. The molecule has 4 nitrogen and oxygen atoms in total. The summed E-state index contributed by atoms with van der Waals surface area (Å²) < 4.78 is 20.2. The highest BCUT2D eigenvalue weighted by atomic mass is 19.1. The lowest BCUT2D eigenvalue weighted by Crippen LogP contribution is -2.42. The van der Waals surface area contributed by atoms with Gasteiger partial charge in [-0.2, -0.15) is 0 Å². The van der Waals surface area contributed by atoms with Crippen molar-refractivity contribution < 1.29 is 9.13 Å². The van der Waals surface area contributed by atoms with Crippen LogP contribution in [0.1, 0.15) is 57.6 Å². The maximum absolute atomic E-state index is 14.7. The molecule has 1 unspecified atom stereocenters. The highest BCUT2D eigenvalue weighted by Gasteiger charge is 2.15. The zero-order chi connectivity index (χ0) is 24.5. The fourth-order valence-electron chi connectivity index (χ4n) is 4.09. The van der Waals surface area contributed by atoms with Gasteiger partial charge in [-0.1, -0.05) is 31.6 Å². The average molecular weight is 466 g/mol. The quantitative estimate of drug-likeness (QED) is 0.336. The van der Waals surface area contributed by atoms with E-state index in [9.17, 15) is 4.39 Å². The van der Waals surface area contributed by atoms with Gasteiger partial charge in [-0.3, -0.25) is 4.99 Å². The minimum absolute atomic E-state index is 0.273. The van der Waals surface area contributed by atoms with E-state index in [4.69, 9.17) is 9.73 Å². The third kappa shape index (κ3) is 6.69. The van der Waals surface area contributed by atoms with Crippen LogP contribution in [0.3, 0.4) is 0 Å². The average Bonchev–Trinajstić information content (AvgIpc) is 2.83. The Bertz CT molecular complexity index is 991. The second-order valence-corrected chi connectivity index (χ2v) is 9.15. The predicted octanol–water partition coefficient (Wildman–Crippen LogP) is 6.45. The summed E-state index contributed by atoms with van der Waals surface area (Å²) in [6, 6.07) is 3.46. The third-order valence-corrected chi connectivity index (χ3v) is 6.85. The number of hydrogen-bond donors (Lipinski definition) is 1. The zero-order valence-electron chi connectivity index (χ0n) is 21.5. The largest absolute Gasteiger partial charge is 0.496 e. The van der Waals surface area contributed by atoms with E-state index in [1.54, 1.807) is 20.1 Å². The Kier molecular flexibility index (Phi) is 9.70. The molecule has 1 saturated carbocycles. The normalized spacial score (nSPS) is 18.8. The molecule has 2 aliphatic rings. The van der Waals surface area contributed by atoms with Crippen molar-refractivity contribution in [1.29, 1.82) is 0 Å². The van der Waals surface area contributed by atoms with Crippen LogP contribution in [0.5, 0.6) is 5.75 Å². The van der Waals surface area contributed by atoms with E-state index < -0.39 is 0 Å². The molecule has 0 radical (unpaired) electrons. The maximum Gasteiger partial charge on any atom is 0.130 e. The Morgan fingerprint density at radius 2 is 1.97 bits per heavy atom. The summed E-state index contributed by atoms with van der Waals surface area (Å²) in [6.45, 7) is 12.2. The first-order valence-electron chi connectivity index (χ1n) is 12.6. The lowest BCUT2D eigenvalue weighted by Gasteiger charge is -2.30. The smallest absolute Gasteiger partial charge is 0.130 e. The number of ether oxygens (including phenoxy) is 1. The standard InChI is InChI=1S/C29H40FN3O/c1-6-21(3)27(14-12-25(7-2)33-17-15-31-16-18-33)32-28(13-11-23-9-8-10-23)24-19-26(30)22(4)29(20-24)34-5/h7,11-14,19-21,31H,6,8-10,15-18H2,1-5H3/b14-12-,25-7+,28-13-,32-27+. The number of halogens is 1.